The topological polar surface area (TPSA) is 65.3 Å². The van der Waals surface area contributed by atoms with Crippen LogP contribution < -0.4 is 4.74 Å². The Hall–Kier alpha value is -1.86. The van der Waals surface area contributed by atoms with Gasteiger partial charge in [-0.25, -0.2) is 4.98 Å². The second-order valence-corrected chi connectivity index (χ2v) is 2.56. The minimum atomic E-state index is -4.85. The van der Waals surface area contributed by atoms with E-state index in [4.69, 9.17) is 0 Å². The fourth-order valence-electron chi connectivity index (χ4n) is 0.899. The average Bonchev–Trinajstić information content (AvgIpc) is 1.99. The Morgan fingerprint density at radius 2 is 2.07 bits per heavy atom. The minimum Gasteiger partial charge on any atom is -0.388 e. The first-order valence-corrected chi connectivity index (χ1v) is 3.67. The molecule has 0 aliphatic rings. The molecule has 0 aromatic carbocycles. The number of aromatic nitrogens is 1. The quantitative estimate of drug-likeness (QED) is 0.568. The summed E-state index contributed by atoms with van der Waals surface area (Å²) >= 11 is 0. The molecule has 8 heteroatoms. The lowest BCUT2D eigenvalue weighted by molar-refractivity contribution is -0.385. The number of pyridine rings is 1. The van der Waals surface area contributed by atoms with E-state index in [0.29, 0.717) is 0 Å². The first kappa shape index (κ1) is 11.2. The second-order valence-electron chi connectivity index (χ2n) is 2.56. The Bertz CT molecular complexity index is 392. The number of alkyl halides is 3. The van der Waals surface area contributed by atoms with Gasteiger partial charge < -0.3 is 4.74 Å². The van der Waals surface area contributed by atoms with Crippen molar-refractivity contribution in [1.29, 1.82) is 0 Å². The zero-order chi connectivity index (χ0) is 11.6. The second kappa shape index (κ2) is 3.71. The molecular formula is C7H5F3N2O3. The highest BCUT2D eigenvalue weighted by molar-refractivity contribution is 5.36. The molecule has 0 saturated carbocycles. The van der Waals surface area contributed by atoms with Crippen LogP contribution in [0.2, 0.25) is 0 Å². The van der Waals surface area contributed by atoms with Gasteiger partial charge in [-0.3, -0.25) is 10.1 Å². The highest BCUT2D eigenvalue weighted by atomic mass is 19.4. The Balaban J connectivity index is 2.97. The first-order chi connectivity index (χ1) is 6.79. The summed E-state index contributed by atoms with van der Waals surface area (Å²) in [7, 11) is 0. The lowest BCUT2D eigenvalue weighted by atomic mass is 10.3. The van der Waals surface area contributed by atoms with E-state index in [2.05, 4.69) is 9.72 Å². The van der Waals surface area contributed by atoms with Gasteiger partial charge in [0.05, 0.1) is 4.92 Å². The van der Waals surface area contributed by atoms with Crippen LogP contribution in [-0.4, -0.2) is 16.3 Å². The largest absolute Gasteiger partial charge is 0.574 e. The summed E-state index contributed by atoms with van der Waals surface area (Å²) in [6.45, 7) is 1.22. The van der Waals surface area contributed by atoms with Crippen LogP contribution in [0.3, 0.4) is 0 Å². The van der Waals surface area contributed by atoms with Crippen LogP contribution in [0.25, 0.3) is 0 Å². The number of aryl methyl sites for hydroxylation is 1. The summed E-state index contributed by atoms with van der Waals surface area (Å²) in [5.74, 6) is -0.717. The van der Waals surface area contributed by atoms with Crippen LogP contribution in [0.4, 0.5) is 18.9 Å². The highest BCUT2D eigenvalue weighted by Crippen LogP contribution is 2.24. The van der Waals surface area contributed by atoms with Crippen molar-refractivity contribution in [3.05, 3.63) is 27.9 Å². The third kappa shape index (κ3) is 3.08. The van der Waals surface area contributed by atoms with Crippen molar-refractivity contribution >= 4 is 5.69 Å². The van der Waals surface area contributed by atoms with E-state index < -0.39 is 17.2 Å². The van der Waals surface area contributed by atoms with Crippen LogP contribution in [0.15, 0.2) is 12.1 Å². The lowest BCUT2D eigenvalue weighted by Gasteiger charge is -2.07. The van der Waals surface area contributed by atoms with Gasteiger partial charge >= 0.3 is 6.36 Å². The van der Waals surface area contributed by atoms with E-state index in [9.17, 15) is 23.3 Å². The molecule has 0 N–H and O–H groups in total. The van der Waals surface area contributed by atoms with Crippen LogP contribution in [0.1, 0.15) is 5.69 Å². The molecule has 0 spiro atoms. The van der Waals surface area contributed by atoms with Crippen LogP contribution in [0.5, 0.6) is 5.88 Å². The highest BCUT2D eigenvalue weighted by Gasteiger charge is 2.32. The van der Waals surface area contributed by atoms with Gasteiger partial charge in [-0.1, -0.05) is 0 Å². The molecule has 1 rings (SSSR count). The van der Waals surface area contributed by atoms with Crippen LogP contribution in [0, 0.1) is 17.0 Å². The summed E-state index contributed by atoms with van der Waals surface area (Å²) in [4.78, 5) is 12.9. The Kier molecular flexibility index (Phi) is 2.78. The monoisotopic (exact) mass is 222 g/mol. The Morgan fingerprint density at radius 3 is 2.47 bits per heavy atom. The maximum Gasteiger partial charge on any atom is 0.574 e. The zero-order valence-corrected chi connectivity index (χ0v) is 7.41. The molecule has 1 heterocycles. The van der Waals surface area contributed by atoms with E-state index >= 15 is 0 Å². The van der Waals surface area contributed by atoms with Gasteiger partial charge in [-0.15, -0.1) is 13.2 Å². The molecular weight excluding hydrogens is 217 g/mol. The Labute approximate surface area is 81.6 Å². The molecule has 0 aliphatic heterocycles. The van der Waals surface area contributed by atoms with E-state index in [1.54, 1.807) is 0 Å². The molecule has 0 bridgehead atoms. The number of halogens is 3. The number of ether oxygens (including phenoxy) is 1. The maximum atomic E-state index is 11.7. The van der Waals surface area contributed by atoms with E-state index in [1.807, 2.05) is 0 Å². The van der Waals surface area contributed by atoms with Crippen molar-refractivity contribution < 1.29 is 22.8 Å². The fraction of sp³-hybridized carbons (Fsp3) is 0.286. The summed E-state index contributed by atoms with van der Waals surface area (Å²) < 4.78 is 38.7. The van der Waals surface area contributed by atoms with Gasteiger partial charge in [0.15, 0.2) is 0 Å². The molecule has 1 aromatic rings. The first-order valence-electron chi connectivity index (χ1n) is 3.67. The molecule has 5 nitrogen and oxygen atoms in total. The minimum absolute atomic E-state index is 0.137. The van der Waals surface area contributed by atoms with Crippen LogP contribution in [-0.2, 0) is 0 Å². The van der Waals surface area contributed by atoms with E-state index in [1.165, 1.54) is 6.92 Å². The molecule has 0 radical (unpaired) electrons. The predicted octanol–water partition coefficient (Wildman–Crippen LogP) is 2.20. The molecule has 0 fully saturated rings. The summed E-state index contributed by atoms with van der Waals surface area (Å²) in [5.41, 5.74) is -0.494. The average molecular weight is 222 g/mol. The van der Waals surface area contributed by atoms with Crippen molar-refractivity contribution in [2.45, 2.75) is 13.3 Å². The number of hydrogen-bond donors (Lipinski definition) is 0. The molecule has 0 atom stereocenters. The Morgan fingerprint density at radius 1 is 1.47 bits per heavy atom. The zero-order valence-electron chi connectivity index (χ0n) is 7.41. The maximum absolute atomic E-state index is 11.7. The van der Waals surface area contributed by atoms with E-state index in [-0.39, 0.29) is 11.4 Å². The van der Waals surface area contributed by atoms with Crippen LogP contribution >= 0.6 is 0 Å². The number of hydrogen-bond acceptors (Lipinski definition) is 4. The van der Waals surface area contributed by atoms with Gasteiger partial charge in [-0.2, -0.15) is 0 Å². The van der Waals surface area contributed by atoms with Crippen molar-refractivity contribution in [2.24, 2.45) is 0 Å². The fourth-order valence-corrected chi connectivity index (χ4v) is 0.899. The van der Waals surface area contributed by atoms with Gasteiger partial charge in [0.2, 0.25) is 5.88 Å². The van der Waals surface area contributed by atoms with Gasteiger partial charge in [0, 0.05) is 12.1 Å². The van der Waals surface area contributed by atoms with Crippen molar-refractivity contribution in [2.75, 3.05) is 0 Å². The van der Waals surface area contributed by atoms with Crippen molar-refractivity contribution in [3.8, 4) is 5.88 Å². The standard InChI is InChI=1S/C7H5F3N2O3/c1-4-5(12(13)14)2-3-6(11-4)15-7(8,9)10/h2-3H,1H3. The molecule has 0 unspecified atom stereocenters. The third-order valence-electron chi connectivity index (χ3n) is 1.45. The van der Waals surface area contributed by atoms with E-state index in [0.717, 1.165) is 12.1 Å². The van der Waals surface area contributed by atoms with Crippen molar-refractivity contribution in [1.82, 2.24) is 4.98 Å². The number of nitrogens with zero attached hydrogens (tertiary/aromatic N) is 2. The molecule has 0 saturated heterocycles. The predicted molar refractivity (Wildman–Crippen MR) is 42.3 cm³/mol. The smallest absolute Gasteiger partial charge is 0.388 e. The van der Waals surface area contributed by atoms with Gasteiger partial charge in [0.25, 0.3) is 5.69 Å². The third-order valence-corrected chi connectivity index (χ3v) is 1.45. The molecule has 82 valence electrons. The normalized spacial score (nSPS) is 11.2. The molecule has 15 heavy (non-hydrogen) atoms. The van der Waals surface area contributed by atoms with Gasteiger partial charge in [0.1, 0.15) is 5.69 Å². The number of nitro groups is 1. The molecule has 1 aromatic heterocycles. The summed E-state index contributed by atoms with van der Waals surface area (Å²) in [5, 5.41) is 10.3. The summed E-state index contributed by atoms with van der Waals surface area (Å²) in [6.07, 6.45) is -4.85. The molecule has 0 amide bonds. The van der Waals surface area contributed by atoms with Gasteiger partial charge in [-0.05, 0) is 6.92 Å². The summed E-state index contributed by atoms with van der Waals surface area (Å²) in [6, 6.07) is 1.70. The molecule has 0 aliphatic carbocycles. The number of rotatable bonds is 2. The van der Waals surface area contributed by atoms with Crippen molar-refractivity contribution in [3.63, 3.8) is 0 Å². The lowest BCUT2D eigenvalue weighted by Crippen LogP contribution is -2.18. The SMILES string of the molecule is Cc1nc(OC(F)(F)F)ccc1[N+](=O)[O-].